The molecule has 0 aromatic heterocycles. The molecule has 2 rings (SSSR count). The van der Waals surface area contributed by atoms with Gasteiger partial charge in [0.1, 0.15) is 0 Å². The zero-order valence-corrected chi connectivity index (χ0v) is 14.7. The van der Waals surface area contributed by atoms with E-state index in [-0.39, 0.29) is 5.75 Å². The standard InChI is InChI=1S/C18H24N2O5/c1-4-6-9-25-17(22)15-11(3)19-18(23)20-16(15)12-7-8-13(21)14(10-12)24-5-2/h7-8,10,16,21H,4-6,9H2,1-3H3,(H2,19,20,23)/t16-/m1/s1. The Labute approximate surface area is 147 Å². The zero-order valence-electron chi connectivity index (χ0n) is 14.7. The average Bonchev–Trinajstić information content (AvgIpc) is 2.56. The first-order chi connectivity index (χ1) is 12.0. The third kappa shape index (κ3) is 4.43. The highest BCUT2D eigenvalue weighted by atomic mass is 16.5. The highest BCUT2D eigenvalue weighted by Crippen LogP contribution is 2.34. The lowest BCUT2D eigenvalue weighted by Gasteiger charge is -2.28. The third-order valence-electron chi connectivity index (χ3n) is 3.84. The maximum Gasteiger partial charge on any atom is 0.338 e. The number of nitrogens with one attached hydrogen (secondary N) is 2. The van der Waals surface area contributed by atoms with Crippen molar-refractivity contribution in [1.29, 1.82) is 0 Å². The van der Waals surface area contributed by atoms with Gasteiger partial charge in [-0.05, 0) is 38.0 Å². The molecule has 136 valence electrons. The summed E-state index contributed by atoms with van der Waals surface area (Å²) in [6.07, 6.45) is 1.69. The number of allylic oxidation sites excluding steroid dienone is 1. The monoisotopic (exact) mass is 348 g/mol. The second-order valence-electron chi connectivity index (χ2n) is 5.72. The fourth-order valence-corrected chi connectivity index (χ4v) is 2.58. The molecule has 0 bridgehead atoms. The number of phenolic OH excluding ortho intramolecular Hbond substituents is 1. The van der Waals surface area contributed by atoms with Gasteiger partial charge in [0.05, 0.1) is 24.8 Å². The van der Waals surface area contributed by atoms with Crippen LogP contribution in [0.2, 0.25) is 0 Å². The maximum absolute atomic E-state index is 12.5. The van der Waals surface area contributed by atoms with Crippen LogP contribution in [0.25, 0.3) is 0 Å². The summed E-state index contributed by atoms with van der Waals surface area (Å²) in [6, 6.07) is 3.65. The van der Waals surface area contributed by atoms with E-state index in [2.05, 4.69) is 10.6 Å². The van der Waals surface area contributed by atoms with Crippen LogP contribution in [0.5, 0.6) is 11.5 Å². The Kier molecular flexibility index (Phi) is 6.27. The Morgan fingerprint density at radius 3 is 2.76 bits per heavy atom. The minimum atomic E-state index is -0.678. The molecular formula is C18H24N2O5. The van der Waals surface area contributed by atoms with Crippen LogP contribution >= 0.6 is 0 Å². The van der Waals surface area contributed by atoms with E-state index in [1.807, 2.05) is 6.92 Å². The lowest BCUT2D eigenvalue weighted by molar-refractivity contribution is -0.139. The number of urea groups is 1. The van der Waals surface area contributed by atoms with Gasteiger partial charge in [-0.25, -0.2) is 9.59 Å². The molecule has 0 fully saturated rings. The van der Waals surface area contributed by atoms with Gasteiger partial charge < -0.3 is 25.2 Å². The number of rotatable bonds is 7. The van der Waals surface area contributed by atoms with Crippen molar-refractivity contribution in [2.24, 2.45) is 0 Å². The van der Waals surface area contributed by atoms with Crippen LogP contribution in [-0.4, -0.2) is 30.3 Å². The number of carbonyl (C=O) groups is 2. The van der Waals surface area contributed by atoms with Crippen molar-refractivity contribution in [3.8, 4) is 11.5 Å². The van der Waals surface area contributed by atoms with Gasteiger partial charge in [-0.3, -0.25) is 0 Å². The molecule has 1 aromatic rings. The van der Waals surface area contributed by atoms with E-state index in [9.17, 15) is 14.7 Å². The molecule has 7 heteroatoms. The topological polar surface area (TPSA) is 96.9 Å². The predicted molar refractivity (Wildman–Crippen MR) is 92.3 cm³/mol. The molecule has 3 N–H and O–H groups in total. The van der Waals surface area contributed by atoms with E-state index in [0.717, 1.165) is 12.8 Å². The van der Waals surface area contributed by atoms with Gasteiger partial charge >= 0.3 is 12.0 Å². The molecule has 1 aliphatic rings. The van der Waals surface area contributed by atoms with Crippen LogP contribution in [0.1, 0.15) is 45.2 Å². The highest BCUT2D eigenvalue weighted by molar-refractivity contribution is 5.95. The number of ether oxygens (including phenoxy) is 2. The number of benzene rings is 1. The third-order valence-corrected chi connectivity index (χ3v) is 3.84. The van der Waals surface area contributed by atoms with Crippen molar-refractivity contribution in [3.63, 3.8) is 0 Å². The van der Waals surface area contributed by atoms with Crippen LogP contribution in [0, 0.1) is 0 Å². The van der Waals surface area contributed by atoms with E-state index in [1.165, 1.54) is 6.07 Å². The number of carbonyl (C=O) groups excluding carboxylic acids is 2. The van der Waals surface area contributed by atoms with E-state index in [1.54, 1.807) is 26.0 Å². The van der Waals surface area contributed by atoms with Gasteiger partial charge in [-0.1, -0.05) is 19.4 Å². The normalized spacial score (nSPS) is 16.9. The summed E-state index contributed by atoms with van der Waals surface area (Å²) in [5.41, 5.74) is 1.41. The van der Waals surface area contributed by atoms with Crippen molar-refractivity contribution < 1.29 is 24.2 Å². The molecule has 0 saturated carbocycles. The Bertz CT molecular complexity index is 684. The predicted octanol–water partition coefficient (Wildman–Crippen LogP) is 2.76. The summed E-state index contributed by atoms with van der Waals surface area (Å²) in [7, 11) is 0. The summed E-state index contributed by atoms with van der Waals surface area (Å²) < 4.78 is 10.7. The summed E-state index contributed by atoms with van der Waals surface area (Å²) in [5.74, 6) is -0.183. The van der Waals surface area contributed by atoms with Crippen LogP contribution in [0.4, 0.5) is 4.79 Å². The number of unbranched alkanes of at least 4 members (excludes halogenated alkanes) is 1. The minimum Gasteiger partial charge on any atom is -0.504 e. The lowest BCUT2D eigenvalue weighted by atomic mass is 9.95. The first-order valence-corrected chi connectivity index (χ1v) is 8.39. The number of esters is 1. The number of hydrogen-bond acceptors (Lipinski definition) is 5. The first kappa shape index (κ1) is 18.6. The summed E-state index contributed by atoms with van der Waals surface area (Å²) in [4.78, 5) is 24.4. The molecular weight excluding hydrogens is 324 g/mol. The number of amides is 2. The summed E-state index contributed by atoms with van der Waals surface area (Å²) >= 11 is 0. The molecule has 0 spiro atoms. The fourth-order valence-electron chi connectivity index (χ4n) is 2.58. The number of hydrogen-bond donors (Lipinski definition) is 3. The highest BCUT2D eigenvalue weighted by Gasteiger charge is 2.32. The number of aromatic hydroxyl groups is 1. The molecule has 0 aliphatic carbocycles. The largest absolute Gasteiger partial charge is 0.504 e. The maximum atomic E-state index is 12.5. The zero-order chi connectivity index (χ0) is 18.4. The molecule has 1 atom stereocenters. The molecule has 0 radical (unpaired) electrons. The molecule has 7 nitrogen and oxygen atoms in total. The van der Waals surface area contributed by atoms with Gasteiger partial charge in [-0.15, -0.1) is 0 Å². The van der Waals surface area contributed by atoms with Crippen LogP contribution in [0.15, 0.2) is 29.5 Å². The van der Waals surface area contributed by atoms with E-state index in [4.69, 9.17) is 9.47 Å². The van der Waals surface area contributed by atoms with Crippen LogP contribution in [-0.2, 0) is 9.53 Å². The van der Waals surface area contributed by atoms with Gasteiger partial charge in [0.25, 0.3) is 0 Å². The van der Waals surface area contributed by atoms with E-state index < -0.39 is 18.0 Å². The van der Waals surface area contributed by atoms with Gasteiger partial charge in [-0.2, -0.15) is 0 Å². The van der Waals surface area contributed by atoms with Gasteiger partial charge in [0.15, 0.2) is 11.5 Å². The Morgan fingerprint density at radius 2 is 2.08 bits per heavy atom. The fraction of sp³-hybridized carbons (Fsp3) is 0.444. The molecule has 25 heavy (non-hydrogen) atoms. The molecule has 0 unspecified atom stereocenters. The second-order valence-corrected chi connectivity index (χ2v) is 5.72. The second kappa shape index (κ2) is 8.41. The Hall–Kier alpha value is -2.70. The van der Waals surface area contributed by atoms with Crippen molar-refractivity contribution in [2.45, 2.75) is 39.7 Å². The molecule has 2 amide bonds. The van der Waals surface area contributed by atoms with Crippen molar-refractivity contribution >= 4 is 12.0 Å². The Morgan fingerprint density at radius 1 is 1.32 bits per heavy atom. The molecule has 1 heterocycles. The van der Waals surface area contributed by atoms with E-state index in [0.29, 0.717) is 35.8 Å². The van der Waals surface area contributed by atoms with Crippen LogP contribution in [0.3, 0.4) is 0 Å². The number of phenols is 1. The van der Waals surface area contributed by atoms with Gasteiger partial charge in [0, 0.05) is 5.70 Å². The molecule has 1 aliphatic heterocycles. The quantitative estimate of drug-likeness (QED) is 0.520. The summed E-state index contributed by atoms with van der Waals surface area (Å²) in [5, 5.41) is 15.2. The first-order valence-electron chi connectivity index (χ1n) is 8.39. The van der Waals surface area contributed by atoms with Gasteiger partial charge in [0.2, 0.25) is 0 Å². The SMILES string of the molecule is CCCCOC(=O)C1=C(C)NC(=O)N[C@@H]1c1ccc(O)c(OCC)c1. The summed E-state index contributed by atoms with van der Waals surface area (Å²) in [6.45, 7) is 6.18. The lowest BCUT2D eigenvalue weighted by Crippen LogP contribution is -2.45. The van der Waals surface area contributed by atoms with Crippen molar-refractivity contribution in [1.82, 2.24) is 10.6 Å². The van der Waals surface area contributed by atoms with Crippen molar-refractivity contribution in [3.05, 3.63) is 35.0 Å². The smallest absolute Gasteiger partial charge is 0.338 e. The molecule has 1 aromatic carbocycles. The van der Waals surface area contributed by atoms with Crippen LogP contribution < -0.4 is 15.4 Å². The average molecular weight is 348 g/mol. The van der Waals surface area contributed by atoms with E-state index >= 15 is 0 Å². The minimum absolute atomic E-state index is 0.00126. The Balaban J connectivity index is 2.35. The van der Waals surface area contributed by atoms with Crippen molar-refractivity contribution in [2.75, 3.05) is 13.2 Å². The molecule has 0 saturated heterocycles.